The zero-order valence-corrected chi connectivity index (χ0v) is 17.0. The van der Waals surface area contributed by atoms with Gasteiger partial charge in [-0.05, 0) is 66.2 Å². The first-order valence-corrected chi connectivity index (χ1v) is 10.7. The lowest BCUT2D eigenvalue weighted by molar-refractivity contribution is 0.102. The fourth-order valence-corrected chi connectivity index (χ4v) is 3.94. The van der Waals surface area contributed by atoms with E-state index < -0.39 is 10.1 Å². The van der Waals surface area contributed by atoms with Gasteiger partial charge in [-0.15, -0.1) is 0 Å². The van der Waals surface area contributed by atoms with Crippen LogP contribution < -0.4 is 9.50 Å². The summed E-state index contributed by atoms with van der Waals surface area (Å²) >= 11 is 0. The fraction of sp³-hybridized carbons (Fsp3) is 0.0417. The molecule has 0 bridgehead atoms. The highest BCUT2D eigenvalue weighted by molar-refractivity contribution is 7.87. The van der Waals surface area contributed by atoms with E-state index >= 15 is 0 Å². The first kappa shape index (κ1) is 19.7. The van der Waals surface area contributed by atoms with Crippen LogP contribution in [0, 0.1) is 6.92 Å². The lowest BCUT2D eigenvalue weighted by Gasteiger charge is -2.09. The number of rotatable bonds is 5. The van der Waals surface area contributed by atoms with Gasteiger partial charge >= 0.3 is 10.1 Å². The lowest BCUT2D eigenvalue weighted by Crippen LogP contribution is -2.12. The molecule has 4 rings (SSSR count). The van der Waals surface area contributed by atoms with Gasteiger partial charge in [0.25, 0.3) is 5.91 Å². The summed E-state index contributed by atoms with van der Waals surface area (Å²) in [5, 5.41) is 4.85. The van der Waals surface area contributed by atoms with Crippen molar-refractivity contribution < 1.29 is 17.4 Å². The van der Waals surface area contributed by atoms with Crippen molar-refractivity contribution in [1.82, 2.24) is 0 Å². The number of nitrogens with one attached hydrogen (secondary N) is 1. The van der Waals surface area contributed by atoms with Gasteiger partial charge in [-0.3, -0.25) is 4.79 Å². The zero-order valence-electron chi connectivity index (χ0n) is 16.2. The van der Waals surface area contributed by atoms with Crippen LogP contribution in [0.15, 0.2) is 95.9 Å². The predicted molar refractivity (Wildman–Crippen MR) is 117 cm³/mol. The van der Waals surface area contributed by atoms with Crippen molar-refractivity contribution in [3.63, 3.8) is 0 Å². The van der Waals surface area contributed by atoms with E-state index in [1.54, 1.807) is 30.3 Å². The van der Waals surface area contributed by atoms with Gasteiger partial charge in [0.2, 0.25) is 0 Å². The number of aryl methyl sites for hydroxylation is 1. The number of amides is 1. The van der Waals surface area contributed by atoms with Crippen LogP contribution in [0.2, 0.25) is 0 Å². The van der Waals surface area contributed by atoms with E-state index in [0.717, 1.165) is 16.3 Å². The maximum absolute atomic E-state index is 12.5. The molecule has 0 radical (unpaired) electrons. The van der Waals surface area contributed by atoms with Gasteiger partial charge in [-0.25, -0.2) is 0 Å². The molecule has 0 saturated heterocycles. The first-order chi connectivity index (χ1) is 14.4. The third-order valence-electron chi connectivity index (χ3n) is 4.64. The number of carbonyl (C=O) groups is 1. The van der Waals surface area contributed by atoms with Gasteiger partial charge in [0, 0.05) is 11.3 Å². The molecule has 0 fully saturated rings. The van der Waals surface area contributed by atoms with Crippen LogP contribution >= 0.6 is 0 Å². The van der Waals surface area contributed by atoms with Gasteiger partial charge in [0.05, 0.1) is 0 Å². The largest absolute Gasteiger partial charge is 0.379 e. The number of fused-ring (bicyclic) bond motifs is 1. The molecule has 5 nitrogen and oxygen atoms in total. The minimum atomic E-state index is -3.92. The molecular weight excluding hydrogens is 398 g/mol. The van der Waals surface area contributed by atoms with Crippen molar-refractivity contribution in [2.75, 3.05) is 5.32 Å². The molecule has 0 atom stereocenters. The first-order valence-electron chi connectivity index (χ1n) is 9.32. The van der Waals surface area contributed by atoms with Crippen molar-refractivity contribution in [3.8, 4) is 5.75 Å². The molecule has 0 aliphatic carbocycles. The summed E-state index contributed by atoms with van der Waals surface area (Å²) in [5.41, 5.74) is 2.03. The zero-order chi connectivity index (χ0) is 21.1. The van der Waals surface area contributed by atoms with Crippen LogP contribution in [-0.2, 0) is 10.1 Å². The van der Waals surface area contributed by atoms with E-state index in [1.165, 1.54) is 24.3 Å². The average Bonchev–Trinajstić information content (AvgIpc) is 2.75. The summed E-state index contributed by atoms with van der Waals surface area (Å²) in [6.07, 6.45) is 0. The molecule has 0 spiro atoms. The van der Waals surface area contributed by atoms with Crippen LogP contribution in [0.1, 0.15) is 15.9 Å². The minimum absolute atomic E-state index is 0.0850. The summed E-state index contributed by atoms with van der Waals surface area (Å²) in [6, 6.07) is 25.9. The van der Waals surface area contributed by atoms with E-state index in [-0.39, 0.29) is 16.6 Å². The maximum Gasteiger partial charge on any atom is 0.339 e. The minimum Gasteiger partial charge on any atom is -0.379 e. The highest BCUT2D eigenvalue weighted by Gasteiger charge is 2.16. The Balaban J connectivity index is 1.46. The Morgan fingerprint density at radius 2 is 1.47 bits per heavy atom. The van der Waals surface area contributed by atoms with Crippen LogP contribution in [-0.4, -0.2) is 14.3 Å². The summed E-state index contributed by atoms with van der Waals surface area (Å²) < 4.78 is 29.9. The van der Waals surface area contributed by atoms with Gasteiger partial charge in [-0.2, -0.15) is 8.42 Å². The second-order valence-electron chi connectivity index (χ2n) is 6.89. The van der Waals surface area contributed by atoms with Crippen LogP contribution in [0.5, 0.6) is 5.75 Å². The van der Waals surface area contributed by atoms with E-state index in [2.05, 4.69) is 5.32 Å². The SMILES string of the molecule is Cc1ccc(S(=O)(=O)Oc2ccc(NC(=O)c3ccc4ccccc4c3)cc2)cc1. The molecular formula is C24H19NO4S. The second kappa shape index (κ2) is 8.00. The second-order valence-corrected chi connectivity index (χ2v) is 8.44. The molecule has 0 aromatic heterocycles. The smallest absolute Gasteiger partial charge is 0.339 e. The molecule has 0 heterocycles. The molecule has 30 heavy (non-hydrogen) atoms. The van der Waals surface area contributed by atoms with E-state index in [9.17, 15) is 13.2 Å². The molecule has 0 aliphatic rings. The molecule has 1 N–H and O–H groups in total. The van der Waals surface area contributed by atoms with Crippen LogP contribution in [0.25, 0.3) is 10.8 Å². The monoisotopic (exact) mass is 417 g/mol. The number of hydrogen-bond acceptors (Lipinski definition) is 4. The standard InChI is InChI=1S/C24H19NO4S/c1-17-6-14-23(15-7-17)30(27,28)29-22-12-10-21(11-13-22)25-24(26)20-9-8-18-4-2-3-5-19(18)16-20/h2-16H,1H3,(H,25,26). The predicted octanol–water partition coefficient (Wildman–Crippen LogP) is 5.17. The summed E-state index contributed by atoms with van der Waals surface area (Å²) in [6.45, 7) is 1.88. The number of benzene rings is 4. The van der Waals surface area contributed by atoms with Crippen molar-refractivity contribution >= 4 is 32.5 Å². The lowest BCUT2D eigenvalue weighted by atomic mass is 10.1. The van der Waals surface area contributed by atoms with Gasteiger partial charge in [0.15, 0.2) is 0 Å². The molecule has 6 heteroatoms. The normalized spacial score (nSPS) is 11.2. The molecule has 0 unspecified atom stereocenters. The number of hydrogen-bond donors (Lipinski definition) is 1. The summed E-state index contributed by atoms with van der Waals surface area (Å²) in [5.74, 6) is -0.0824. The van der Waals surface area contributed by atoms with Gasteiger partial charge in [-0.1, -0.05) is 48.0 Å². The van der Waals surface area contributed by atoms with Gasteiger partial charge in [0.1, 0.15) is 10.6 Å². The topological polar surface area (TPSA) is 72.5 Å². The Labute approximate surface area is 175 Å². The molecule has 150 valence electrons. The summed E-state index contributed by atoms with van der Waals surface area (Å²) in [4.78, 5) is 12.6. The summed E-state index contributed by atoms with van der Waals surface area (Å²) in [7, 11) is -3.92. The molecule has 1 amide bonds. The third kappa shape index (κ3) is 4.34. The Hall–Kier alpha value is -3.64. The highest BCUT2D eigenvalue weighted by Crippen LogP contribution is 2.22. The third-order valence-corrected chi connectivity index (χ3v) is 5.90. The van der Waals surface area contributed by atoms with Crippen molar-refractivity contribution in [2.24, 2.45) is 0 Å². The molecule has 4 aromatic carbocycles. The van der Waals surface area contributed by atoms with Crippen molar-refractivity contribution in [2.45, 2.75) is 11.8 Å². The van der Waals surface area contributed by atoms with E-state index in [1.807, 2.05) is 43.3 Å². The Morgan fingerprint density at radius 3 is 2.17 bits per heavy atom. The molecule has 4 aromatic rings. The Bertz CT molecular complexity index is 1310. The Morgan fingerprint density at radius 1 is 0.800 bits per heavy atom. The highest BCUT2D eigenvalue weighted by atomic mass is 32.2. The van der Waals surface area contributed by atoms with Crippen LogP contribution in [0.4, 0.5) is 5.69 Å². The van der Waals surface area contributed by atoms with E-state index in [0.29, 0.717) is 11.3 Å². The van der Waals surface area contributed by atoms with E-state index in [4.69, 9.17) is 4.18 Å². The number of anilines is 1. The number of carbonyl (C=O) groups excluding carboxylic acids is 1. The quantitative estimate of drug-likeness (QED) is 0.455. The Kier molecular flexibility index (Phi) is 5.25. The molecule has 0 saturated carbocycles. The van der Waals surface area contributed by atoms with Crippen molar-refractivity contribution in [3.05, 3.63) is 102 Å². The maximum atomic E-state index is 12.5. The van der Waals surface area contributed by atoms with Crippen LogP contribution in [0.3, 0.4) is 0 Å². The van der Waals surface area contributed by atoms with Gasteiger partial charge < -0.3 is 9.50 Å². The molecule has 0 aliphatic heterocycles. The fourth-order valence-electron chi connectivity index (χ4n) is 3.01. The van der Waals surface area contributed by atoms with Crippen molar-refractivity contribution in [1.29, 1.82) is 0 Å². The average molecular weight is 417 g/mol.